The molecule has 1 amide bonds. The molecule has 1 aromatic carbocycles. The molecule has 21 heavy (non-hydrogen) atoms. The quantitative estimate of drug-likeness (QED) is 0.798. The van der Waals surface area contributed by atoms with Gasteiger partial charge in [-0.05, 0) is 36.6 Å². The highest BCUT2D eigenvalue weighted by atomic mass is 35.5. The van der Waals surface area contributed by atoms with Gasteiger partial charge in [-0.2, -0.15) is 0 Å². The van der Waals surface area contributed by atoms with Gasteiger partial charge in [0.25, 0.3) is 5.91 Å². The van der Waals surface area contributed by atoms with Gasteiger partial charge in [0.1, 0.15) is 0 Å². The van der Waals surface area contributed by atoms with Gasteiger partial charge in [0.05, 0.1) is 0 Å². The van der Waals surface area contributed by atoms with E-state index in [2.05, 4.69) is 30.9 Å². The molecule has 0 spiro atoms. The lowest BCUT2D eigenvalue weighted by molar-refractivity contribution is 0.0762. The Morgan fingerprint density at radius 2 is 1.86 bits per heavy atom. The molecule has 2 rings (SSSR count). The summed E-state index contributed by atoms with van der Waals surface area (Å²) in [4.78, 5) is 16.9. The van der Waals surface area contributed by atoms with Crippen molar-refractivity contribution in [2.75, 3.05) is 38.6 Å². The van der Waals surface area contributed by atoms with E-state index in [1.165, 1.54) is 5.56 Å². The summed E-state index contributed by atoms with van der Waals surface area (Å²) in [5.74, 6) is 1.31. The normalized spacial score (nSPS) is 17.0. The first kappa shape index (κ1) is 16.3. The Morgan fingerprint density at radius 3 is 2.48 bits per heavy atom. The van der Waals surface area contributed by atoms with Gasteiger partial charge < -0.3 is 9.80 Å². The lowest BCUT2D eigenvalue weighted by Crippen LogP contribution is -2.35. The van der Waals surface area contributed by atoms with E-state index in [1.807, 2.05) is 17.0 Å². The molecule has 0 radical (unpaired) electrons. The average molecular weight is 309 g/mol. The zero-order valence-electron chi connectivity index (χ0n) is 13.0. The molecule has 116 valence electrons. The molecule has 0 unspecified atom stereocenters. The van der Waals surface area contributed by atoms with Crippen LogP contribution in [0.3, 0.4) is 0 Å². The highest BCUT2D eigenvalue weighted by molar-refractivity contribution is 6.18. The van der Waals surface area contributed by atoms with Gasteiger partial charge in [-0.1, -0.05) is 26.0 Å². The van der Waals surface area contributed by atoms with E-state index in [0.717, 1.165) is 44.7 Å². The van der Waals surface area contributed by atoms with Crippen molar-refractivity contribution in [2.45, 2.75) is 26.2 Å². The molecule has 1 aliphatic rings. The van der Waals surface area contributed by atoms with Crippen LogP contribution in [0.15, 0.2) is 24.3 Å². The van der Waals surface area contributed by atoms with Crippen LogP contribution in [0, 0.1) is 0 Å². The Hall–Kier alpha value is -1.06. The number of carbonyl (C=O) groups excluding carboxylic acids is 1. The largest absolute Gasteiger partial charge is 0.337 e. The lowest BCUT2D eigenvalue weighted by atomic mass is 10.0. The van der Waals surface area contributed by atoms with Crippen molar-refractivity contribution in [3.05, 3.63) is 35.4 Å². The topological polar surface area (TPSA) is 23.6 Å². The first-order valence-corrected chi connectivity index (χ1v) is 8.33. The summed E-state index contributed by atoms with van der Waals surface area (Å²) >= 11 is 5.80. The van der Waals surface area contributed by atoms with E-state index in [1.54, 1.807) is 0 Å². The average Bonchev–Trinajstić information content (AvgIpc) is 2.73. The molecule has 3 nitrogen and oxygen atoms in total. The fourth-order valence-electron chi connectivity index (χ4n) is 2.71. The maximum atomic E-state index is 12.6. The van der Waals surface area contributed by atoms with Crippen LogP contribution < -0.4 is 0 Å². The van der Waals surface area contributed by atoms with Gasteiger partial charge in [0, 0.05) is 37.6 Å². The third-order valence-corrected chi connectivity index (χ3v) is 4.27. The van der Waals surface area contributed by atoms with Gasteiger partial charge in [-0.25, -0.2) is 0 Å². The van der Waals surface area contributed by atoms with Crippen molar-refractivity contribution < 1.29 is 4.79 Å². The zero-order chi connectivity index (χ0) is 15.2. The number of alkyl halides is 1. The maximum absolute atomic E-state index is 12.6. The Kier molecular flexibility index (Phi) is 6.07. The van der Waals surface area contributed by atoms with Crippen LogP contribution in [-0.2, 0) is 0 Å². The van der Waals surface area contributed by atoms with Crippen LogP contribution in [0.5, 0.6) is 0 Å². The summed E-state index contributed by atoms with van der Waals surface area (Å²) in [5.41, 5.74) is 2.07. The van der Waals surface area contributed by atoms with E-state index in [9.17, 15) is 4.79 Å². The van der Waals surface area contributed by atoms with Crippen LogP contribution >= 0.6 is 11.6 Å². The molecule has 1 aliphatic heterocycles. The third-order valence-electron chi connectivity index (χ3n) is 4.10. The van der Waals surface area contributed by atoms with Crippen LogP contribution in [-0.4, -0.2) is 54.3 Å². The van der Waals surface area contributed by atoms with Crippen LogP contribution in [0.4, 0.5) is 0 Å². The van der Waals surface area contributed by atoms with Gasteiger partial charge in [0.2, 0.25) is 0 Å². The van der Waals surface area contributed by atoms with Crippen LogP contribution in [0.1, 0.15) is 42.1 Å². The standard InChI is InChI=1S/C17H25ClN2O/c1-14(2)15-4-6-16(7-5-15)17(21)20-10-3-9-19(11-8-18)12-13-20/h4-7,14H,3,8-13H2,1-2H3. The van der Waals surface area contributed by atoms with Crippen molar-refractivity contribution in [3.63, 3.8) is 0 Å². The number of nitrogens with zero attached hydrogens (tertiary/aromatic N) is 2. The van der Waals surface area contributed by atoms with Gasteiger partial charge in [-0.15, -0.1) is 11.6 Å². The van der Waals surface area contributed by atoms with Gasteiger partial charge in [-0.3, -0.25) is 4.79 Å². The minimum atomic E-state index is 0.151. The van der Waals surface area contributed by atoms with Crippen molar-refractivity contribution >= 4 is 17.5 Å². The Balaban J connectivity index is 1.99. The molecule has 0 aliphatic carbocycles. The smallest absolute Gasteiger partial charge is 0.253 e. The molecule has 4 heteroatoms. The second kappa shape index (κ2) is 7.81. The van der Waals surface area contributed by atoms with Crippen molar-refractivity contribution in [1.82, 2.24) is 9.80 Å². The van der Waals surface area contributed by atoms with Crippen molar-refractivity contribution in [1.29, 1.82) is 0 Å². The molecule has 1 fully saturated rings. The number of halogens is 1. The zero-order valence-corrected chi connectivity index (χ0v) is 13.8. The fraction of sp³-hybridized carbons (Fsp3) is 0.588. The van der Waals surface area contributed by atoms with Crippen molar-refractivity contribution in [2.24, 2.45) is 0 Å². The molecular formula is C17H25ClN2O. The second-order valence-corrected chi connectivity index (χ2v) is 6.33. The first-order valence-electron chi connectivity index (χ1n) is 7.79. The first-order chi connectivity index (χ1) is 10.1. The molecule has 1 aromatic rings. The lowest BCUT2D eigenvalue weighted by Gasteiger charge is -2.21. The minimum absolute atomic E-state index is 0.151. The summed E-state index contributed by atoms with van der Waals surface area (Å²) in [6, 6.07) is 8.04. The van der Waals surface area contributed by atoms with E-state index in [0.29, 0.717) is 11.8 Å². The number of rotatable bonds is 4. The molecule has 0 bridgehead atoms. The van der Waals surface area contributed by atoms with E-state index >= 15 is 0 Å². The summed E-state index contributed by atoms with van der Waals surface area (Å²) in [7, 11) is 0. The number of hydrogen-bond acceptors (Lipinski definition) is 2. The number of carbonyl (C=O) groups is 1. The third kappa shape index (κ3) is 4.45. The summed E-state index contributed by atoms with van der Waals surface area (Å²) < 4.78 is 0. The summed E-state index contributed by atoms with van der Waals surface area (Å²) in [6.45, 7) is 8.82. The molecule has 0 saturated carbocycles. The van der Waals surface area contributed by atoms with Gasteiger partial charge >= 0.3 is 0 Å². The number of hydrogen-bond donors (Lipinski definition) is 0. The number of benzene rings is 1. The summed E-state index contributed by atoms with van der Waals surface area (Å²) in [6.07, 6.45) is 1.02. The maximum Gasteiger partial charge on any atom is 0.253 e. The van der Waals surface area contributed by atoms with Crippen LogP contribution in [0.2, 0.25) is 0 Å². The van der Waals surface area contributed by atoms with Gasteiger partial charge in [0.15, 0.2) is 0 Å². The fourth-order valence-corrected chi connectivity index (χ4v) is 2.95. The number of amides is 1. The molecule has 1 saturated heterocycles. The SMILES string of the molecule is CC(C)c1ccc(C(=O)N2CCCN(CCCl)CC2)cc1. The highest BCUT2D eigenvalue weighted by Crippen LogP contribution is 2.16. The Bertz CT molecular complexity index is 458. The molecule has 1 heterocycles. The molecule has 0 atom stereocenters. The summed E-state index contributed by atoms with van der Waals surface area (Å²) in [5, 5.41) is 0. The van der Waals surface area contributed by atoms with E-state index in [4.69, 9.17) is 11.6 Å². The molecule has 0 N–H and O–H groups in total. The molecule has 0 aromatic heterocycles. The Morgan fingerprint density at radius 1 is 1.14 bits per heavy atom. The highest BCUT2D eigenvalue weighted by Gasteiger charge is 2.20. The molecular weight excluding hydrogens is 284 g/mol. The minimum Gasteiger partial charge on any atom is -0.337 e. The predicted molar refractivity (Wildman–Crippen MR) is 88.2 cm³/mol. The van der Waals surface area contributed by atoms with E-state index < -0.39 is 0 Å². The van der Waals surface area contributed by atoms with Crippen molar-refractivity contribution in [3.8, 4) is 0 Å². The van der Waals surface area contributed by atoms with Crippen LogP contribution in [0.25, 0.3) is 0 Å². The predicted octanol–water partition coefficient (Wildman–Crippen LogP) is 3.20. The second-order valence-electron chi connectivity index (χ2n) is 5.95. The van der Waals surface area contributed by atoms with E-state index in [-0.39, 0.29) is 5.91 Å². The Labute approximate surface area is 132 Å². The monoisotopic (exact) mass is 308 g/mol.